The van der Waals surface area contributed by atoms with Gasteiger partial charge in [-0.15, -0.1) is 0 Å². The van der Waals surface area contributed by atoms with Crippen LogP contribution in [0.3, 0.4) is 0 Å². The zero-order valence-corrected chi connectivity index (χ0v) is 21.6. The van der Waals surface area contributed by atoms with Crippen LogP contribution in [0.2, 0.25) is 0 Å². The van der Waals surface area contributed by atoms with Crippen molar-refractivity contribution in [1.29, 1.82) is 0 Å². The Morgan fingerprint density at radius 1 is 1.00 bits per heavy atom. The first-order chi connectivity index (χ1) is 17.4. The summed E-state index contributed by atoms with van der Waals surface area (Å²) >= 11 is 0. The molecule has 0 radical (unpaired) electrons. The number of aromatic nitrogens is 1. The van der Waals surface area contributed by atoms with Crippen LogP contribution in [0, 0.1) is 11.6 Å². The number of amides is 2. The molecule has 1 aromatic heterocycles. The lowest BCUT2D eigenvalue weighted by atomic mass is 10.1. The van der Waals surface area contributed by atoms with Gasteiger partial charge in [0, 0.05) is 11.3 Å². The molecular weight excluding hydrogens is 480 g/mol. The number of hydrogen-bond acceptors (Lipinski definition) is 6. The molecule has 1 aliphatic rings. The van der Waals surface area contributed by atoms with E-state index >= 15 is 0 Å². The molecule has 0 saturated carbocycles. The predicted octanol–water partition coefficient (Wildman–Crippen LogP) is 6.89. The van der Waals surface area contributed by atoms with E-state index in [4.69, 9.17) is 4.74 Å². The molecule has 0 saturated heterocycles. The molecule has 1 N–H and O–H groups in total. The smallest absolute Gasteiger partial charge is 0.417 e. The lowest BCUT2D eigenvalue weighted by molar-refractivity contribution is 0.0247. The lowest BCUT2D eigenvalue weighted by Gasteiger charge is -2.23. The Morgan fingerprint density at radius 2 is 1.59 bits per heavy atom. The van der Waals surface area contributed by atoms with Gasteiger partial charge in [-0.3, -0.25) is 9.59 Å². The van der Waals surface area contributed by atoms with Crippen molar-refractivity contribution >= 4 is 29.2 Å². The van der Waals surface area contributed by atoms with Crippen LogP contribution in [0.1, 0.15) is 68.0 Å². The van der Waals surface area contributed by atoms with Crippen LogP contribution in [-0.2, 0) is 11.3 Å². The third-order valence-corrected chi connectivity index (χ3v) is 5.26. The number of imide groups is 1. The summed E-state index contributed by atoms with van der Waals surface area (Å²) in [6.45, 7) is 10.2. The van der Waals surface area contributed by atoms with E-state index in [1.165, 1.54) is 19.1 Å². The van der Waals surface area contributed by atoms with Crippen molar-refractivity contribution in [1.82, 2.24) is 9.88 Å². The van der Waals surface area contributed by atoms with E-state index < -0.39 is 29.2 Å². The summed E-state index contributed by atoms with van der Waals surface area (Å²) in [4.78, 5) is 42.7. The number of halogens is 2. The standard InChI is InChI=1S/C26H23F2N3O4.C2H6/c1-14(32)15-8-10-16(11-9-15)29-20-12-19(22-17(27)6-5-7-18(22)28)30-21-13-31(24(33)23(20)21)25(34)35-26(2,3)4;1-2/h5-12H,13H2,1-4H3,(H,29,30);1-2H3. The fraction of sp³-hybridized carbons (Fsp3) is 0.286. The van der Waals surface area contributed by atoms with Gasteiger partial charge < -0.3 is 10.1 Å². The molecule has 0 atom stereocenters. The van der Waals surface area contributed by atoms with Crippen LogP contribution in [0.15, 0.2) is 48.5 Å². The van der Waals surface area contributed by atoms with E-state index in [9.17, 15) is 23.2 Å². The van der Waals surface area contributed by atoms with Gasteiger partial charge >= 0.3 is 6.09 Å². The van der Waals surface area contributed by atoms with Gasteiger partial charge in [0.15, 0.2) is 5.78 Å². The maximum atomic E-state index is 14.6. The Morgan fingerprint density at radius 3 is 2.14 bits per heavy atom. The van der Waals surface area contributed by atoms with Gasteiger partial charge in [0.2, 0.25) is 0 Å². The largest absolute Gasteiger partial charge is 0.443 e. The van der Waals surface area contributed by atoms with Gasteiger partial charge in [-0.05, 0) is 70.2 Å². The van der Waals surface area contributed by atoms with E-state index in [1.54, 1.807) is 45.0 Å². The molecule has 0 aliphatic carbocycles. The lowest BCUT2D eigenvalue weighted by Crippen LogP contribution is -2.37. The number of ketones is 1. The maximum absolute atomic E-state index is 14.6. The first kappa shape index (κ1) is 27.4. The highest BCUT2D eigenvalue weighted by Gasteiger charge is 2.38. The zero-order valence-electron chi connectivity index (χ0n) is 21.6. The van der Waals surface area contributed by atoms with Crippen LogP contribution in [0.5, 0.6) is 0 Å². The highest BCUT2D eigenvalue weighted by molar-refractivity contribution is 6.10. The number of ether oxygens (including phenoxy) is 1. The number of anilines is 2. The van der Waals surface area contributed by atoms with Crippen LogP contribution in [0.4, 0.5) is 25.0 Å². The molecule has 2 amide bonds. The minimum absolute atomic E-state index is 0.0407. The van der Waals surface area contributed by atoms with Crippen molar-refractivity contribution in [3.8, 4) is 11.3 Å². The minimum atomic E-state index is -0.851. The SMILES string of the molecule is CC.CC(=O)c1ccc(Nc2cc(-c3c(F)cccc3F)nc3c2C(=O)N(C(=O)OC(C)(C)C)C3)cc1. The third kappa shape index (κ3) is 5.99. The highest BCUT2D eigenvalue weighted by Crippen LogP contribution is 2.36. The molecule has 0 bridgehead atoms. The summed E-state index contributed by atoms with van der Waals surface area (Å²) in [5.74, 6) is -2.39. The van der Waals surface area contributed by atoms with Gasteiger partial charge in [0.1, 0.15) is 17.2 Å². The van der Waals surface area contributed by atoms with Gasteiger partial charge in [-0.2, -0.15) is 0 Å². The molecule has 0 unspecified atom stereocenters. The zero-order chi connectivity index (χ0) is 27.5. The highest BCUT2D eigenvalue weighted by atomic mass is 19.1. The van der Waals surface area contributed by atoms with Crippen molar-refractivity contribution in [3.05, 3.63) is 77.0 Å². The van der Waals surface area contributed by atoms with E-state index in [1.807, 2.05) is 13.8 Å². The van der Waals surface area contributed by atoms with Crippen LogP contribution < -0.4 is 5.32 Å². The topological polar surface area (TPSA) is 88.6 Å². The molecule has 1 aliphatic heterocycles. The summed E-state index contributed by atoms with van der Waals surface area (Å²) in [7, 11) is 0. The number of fused-ring (bicyclic) bond motifs is 1. The second kappa shape index (κ2) is 10.9. The second-order valence-electron chi connectivity index (χ2n) is 9.10. The van der Waals surface area contributed by atoms with Gasteiger partial charge in [-0.1, -0.05) is 19.9 Å². The molecule has 194 valence electrons. The van der Waals surface area contributed by atoms with Crippen molar-refractivity contribution < 1.29 is 27.9 Å². The fourth-order valence-corrected chi connectivity index (χ4v) is 3.68. The number of pyridine rings is 1. The summed E-state index contributed by atoms with van der Waals surface area (Å²) in [5, 5.41) is 3.06. The number of benzene rings is 2. The number of Topliss-reactive ketones (excluding diaryl/α,β-unsaturated/α-hetero) is 1. The van der Waals surface area contributed by atoms with Crippen molar-refractivity contribution in [2.75, 3.05) is 5.32 Å². The van der Waals surface area contributed by atoms with E-state index in [-0.39, 0.29) is 40.5 Å². The van der Waals surface area contributed by atoms with Crippen LogP contribution in [-0.4, -0.2) is 33.3 Å². The average Bonchev–Trinajstić information content (AvgIpc) is 3.16. The van der Waals surface area contributed by atoms with Crippen LogP contribution >= 0.6 is 0 Å². The normalized spacial score (nSPS) is 12.4. The maximum Gasteiger partial charge on any atom is 0.417 e. The molecule has 0 fully saturated rings. The second-order valence-corrected chi connectivity index (χ2v) is 9.10. The number of nitrogens with zero attached hydrogens (tertiary/aromatic N) is 2. The summed E-state index contributed by atoms with van der Waals surface area (Å²) in [6.07, 6.45) is -0.851. The molecule has 2 heterocycles. The van der Waals surface area contributed by atoms with Crippen molar-refractivity contribution in [3.63, 3.8) is 0 Å². The minimum Gasteiger partial charge on any atom is -0.443 e. The average molecular weight is 510 g/mol. The van der Waals surface area contributed by atoms with Crippen LogP contribution in [0.25, 0.3) is 11.3 Å². The number of rotatable bonds is 4. The Labute approximate surface area is 214 Å². The van der Waals surface area contributed by atoms with E-state index in [2.05, 4.69) is 10.3 Å². The van der Waals surface area contributed by atoms with Crippen molar-refractivity contribution in [2.24, 2.45) is 0 Å². The summed E-state index contributed by atoms with van der Waals surface area (Å²) < 4.78 is 34.4. The van der Waals surface area contributed by atoms with Crippen molar-refractivity contribution in [2.45, 2.75) is 53.7 Å². The number of nitrogens with one attached hydrogen (secondary N) is 1. The first-order valence-corrected chi connectivity index (χ1v) is 11.9. The van der Waals surface area contributed by atoms with Gasteiger partial charge in [0.05, 0.1) is 34.7 Å². The van der Waals surface area contributed by atoms with E-state index in [0.29, 0.717) is 11.3 Å². The monoisotopic (exact) mass is 509 g/mol. The van der Waals surface area contributed by atoms with Gasteiger partial charge in [-0.25, -0.2) is 23.5 Å². The fourth-order valence-electron chi connectivity index (χ4n) is 3.68. The molecule has 4 rings (SSSR count). The number of hydrogen-bond donors (Lipinski definition) is 1. The molecule has 37 heavy (non-hydrogen) atoms. The quantitative estimate of drug-likeness (QED) is 0.385. The van der Waals surface area contributed by atoms with Gasteiger partial charge in [0.25, 0.3) is 5.91 Å². The third-order valence-electron chi connectivity index (χ3n) is 5.26. The molecular formula is C28H29F2N3O4. The Bertz CT molecular complexity index is 1330. The molecule has 7 nitrogen and oxygen atoms in total. The Kier molecular flexibility index (Phi) is 8.06. The summed E-state index contributed by atoms with van der Waals surface area (Å²) in [6, 6.07) is 11.3. The molecule has 3 aromatic rings. The van der Waals surface area contributed by atoms with E-state index in [0.717, 1.165) is 17.0 Å². The molecule has 9 heteroatoms. The first-order valence-electron chi connectivity index (χ1n) is 11.9. The predicted molar refractivity (Wildman–Crippen MR) is 137 cm³/mol. The molecule has 2 aromatic carbocycles. The number of carbonyl (C=O) groups is 3. The Hall–Kier alpha value is -4.14. The Balaban J connectivity index is 0.00000186. The molecule has 0 spiro atoms. The summed E-state index contributed by atoms with van der Waals surface area (Å²) in [5.41, 5.74) is 0.258. The number of carbonyl (C=O) groups excluding carboxylic acids is 3.